The number of aliphatic hydroxyl groups is 1. The normalized spacial score (nSPS) is 13.0. The number of nitrogens with one attached hydrogen (secondary N) is 2. The molecule has 0 radical (unpaired) electrons. The van der Waals surface area contributed by atoms with Gasteiger partial charge < -0.3 is 15.7 Å². The van der Waals surface area contributed by atoms with Gasteiger partial charge in [0.1, 0.15) is 11.4 Å². The van der Waals surface area contributed by atoms with Crippen molar-refractivity contribution < 1.29 is 19.1 Å². The zero-order valence-corrected chi connectivity index (χ0v) is 13.6. The van der Waals surface area contributed by atoms with E-state index in [-0.39, 0.29) is 17.3 Å². The van der Waals surface area contributed by atoms with Crippen LogP contribution in [0.3, 0.4) is 0 Å². The van der Waals surface area contributed by atoms with Gasteiger partial charge in [0.25, 0.3) is 0 Å². The van der Waals surface area contributed by atoms with Crippen LogP contribution >= 0.6 is 11.6 Å². The van der Waals surface area contributed by atoms with E-state index in [1.54, 1.807) is 30.3 Å². The lowest BCUT2D eigenvalue weighted by molar-refractivity contribution is -0.136. The van der Waals surface area contributed by atoms with Gasteiger partial charge in [-0.05, 0) is 30.7 Å². The fourth-order valence-electron chi connectivity index (χ4n) is 1.99. The largest absolute Gasteiger partial charge is 0.384 e. The van der Waals surface area contributed by atoms with Crippen molar-refractivity contribution in [1.29, 1.82) is 0 Å². The minimum atomic E-state index is -1.32. The summed E-state index contributed by atoms with van der Waals surface area (Å²) in [6.45, 7) is 1.38. The molecule has 2 aromatic carbocycles. The zero-order chi connectivity index (χ0) is 17.7. The monoisotopic (exact) mass is 350 g/mol. The minimum Gasteiger partial charge on any atom is -0.384 e. The highest BCUT2D eigenvalue weighted by molar-refractivity contribution is 6.39. The summed E-state index contributed by atoms with van der Waals surface area (Å²) in [5, 5.41) is 14.9. The van der Waals surface area contributed by atoms with E-state index >= 15 is 0 Å². The van der Waals surface area contributed by atoms with Crippen LogP contribution in [-0.2, 0) is 15.2 Å². The Morgan fingerprint density at radius 3 is 2.46 bits per heavy atom. The van der Waals surface area contributed by atoms with E-state index in [0.29, 0.717) is 5.56 Å². The molecular weight excluding hydrogens is 335 g/mol. The number of halogens is 2. The standard InChI is InChI=1S/C17H16ClFN2O3/c1-17(24,11-5-3-2-4-6-11)10-20-15(22)16(23)21-12-7-8-14(19)13(18)9-12/h2-9,24H,10H2,1H3,(H,20,22)(H,21,23)/t17-/m1/s1. The van der Waals surface area contributed by atoms with Crippen LogP contribution in [0.25, 0.3) is 0 Å². The van der Waals surface area contributed by atoms with Gasteiger partial charge in [0, 0.05) is 5.69 Å². The molecule has 7 heteroatoms. The number of rotatable bonds is 4. The first-order valence-corrected chi connectivity index (χ1v) is 7.49. The molecule has 0 aliphatic carbocycles. The molecule has 0 bridgehead atoms. The highest BCUT2D eigenvalue weighted by Gasteiger charge is 2.25. The van der Waals surface area contributed by atoms with Crippen LogP contribution in [0, 0.1) is 5.82 Å². The summed E-state index contributed by atoms with van der Waals surface area (Å²) >= 11 is 5.61. The van der Waals surface area contributed by atoms with Gasteiger partial charge in [-0.3, -0.25) is 9.59 Å². The van der Waals surface area contributed by atoms with Crippen LogP contribution in [0.5, 0.6) is 0 Å². The van der Waals surface area contributed by atoms with Crippen molar-refractivity contribution in [3.8, 4) is 0 Å². The molecule has 0 aromatic heterocycles. The topological polar surface area (TPSA) is 78.4 Å². The Bertz CT molecular complexity index is 751. The summed E-state index contributed by atoms with van der Waals surface area (Å²) in [5.74, 6) is -2.49. The zero-order valence-electron chi connectivity index (χ0n) is 12.8. The van der Waals surface area contributed by atoms with Crippen LogP contribution in [0.4, 0.5) is 10.1 Å². The van der Waals surface area contributed by atoms with E-state index in [1.165, 1.54) is 19.1 Å². The van der Waals surface area contributed by atoms with Gasteiger partial charge in [-0.1, -0.05) is 41.9 Å². The molecule has 0 saturated heterocycles. The summed E-state index contributed by atoms with van der Waals surface area (Å²) in [7, 11) is 0. The summed E-state index contributed by atoms with van der Waals surface area (Å²) < 4.78 is 13.1. The first kappa shape index (κ1) is 17.9. The Morgan fingerprint density at radius 1 is 1.17 bits per heavy atom. The first-order chi connectivity index (χ1) is 11.3. The van der Waals surface area contributed by atoms with E-state index < -0.39 is 23.2 Å². The van der Waals surface area contributed by atoms with Crippen molar-refractivity contribution in [3.63, 3.8) is 0 Å². The Morgan fingerprint density at radius 2 is 1.83 bits per heavy atom. The van der Waals surface area contributed by atoms with Gasteiger partial charge in [0.2, 0.25) is 0 Å². The number of hydrogen-bond donors (Lipinski definition) is 3. The van der Waals surface area contributed by atoms with Crippen molar-refractivity contribution in [2.75, 3.05) is 11.9 Å². The summed E-state index contributed by atoms with van der Waals surface area (Å²) in [6.07, 6.45) is 0. The Balaban J connectivity index is 1.94. The molecule has 1 atom stereocenters. The first-order valence-electron chi connectivity index (χ1n) is 7.12. The Labute approximate surface area is 143 Å². The number of carbonyl (C=O) groups excluding carboxylic acids is 2. The maximum absolute atomic E-state index is 13.1. The highest BCUT2D eigenvalue weighted by atomic mass is 35.5. The van der Waals surface area contributed by atoms with E-state index in [2.05, 4.69) is 10.6 Å². The van der Waals surface area contributed by atoms with Gasteiger partial charge in [-0.15, -0.1) is 0 Å². The molecule has 0 aliphatic heterocycles. The smallest absolute Gasteiger partial charge is 0.313 e. The fourth-order valence-corrected chi connectivity index (χ4v) is 2.17. The van der Waals surface area contributed by atoms with Crippen molar-refractivity contribution in [1.82, 2.24) is 5.32 Å². The molecule has 0 aliphatic rings. The molecule has 0 unspecified atom stereocenters. The van der Waals surface area contributed by atoms with Gasteiger partial charge in [0.05, 0.1) is 11.6 Å². The summed E-state index contributed by atoms with van der Waals surface area (Å²) in [4.78, 5) is 23.7. The maximum atomic E-state index is 13.1. The lowest BCUT2D eigenvalue weighted by atomic mass is 9.96. The second kappa shape index (κ2) is 7.42. The number of hydrogen-bond acceptors (Lipinski definition) is 3. The third-order valence-electron chi connectivity index (χ3n) is 3.37. The molecule has 0 fully saturated rings. The average Bonchev–Trinajstić information content (AvgIpc) is 2.57. The molecule has 0 heterocycles. The van der Waals surface area contributed by atoms with Crippen LogP contribution in [0.15, 0.2) is 48.5 Å². The molecule has 5 nitrogen and oxygen atoms in total. The molecule has 2 amide bonds. The van der Waals surface area contributed by atoms with Crippen molar-refractivity contribution in [3.05, 3.63) is 64.9 Å². The van der Waals surface area contributed by atoms with Crippen molar-refractivity contribution in [2.45, 2.75) is 12.5 Å². The van der Waals surface area contributed by atoms with Crippen LogP contribution in [0.1, 0.15) is 12.5 Å². The molecule has 3 N–H and O–H groups in total. The van der Waals surface area contributed by atoms with E-state index in [9.17, 15) is 19.1 Å². The summed E-state index contributed by atoms with van der Waals surface area (Å²) in [6, 6.07) is 12.3. The third-order valence-corrected chi connectivity index (χ3v) is 3.66. The number of carbonyl (C=O) groups is 2. The summed E-state index contributed by atoms with van der Waals surface area (Å²) in [5.41, 5.74) is -0.525. The second-order valence-corrected chi connectivity index (χ2v) is 5.81. The Hall–Kier alpha value is -2.44. The van der Waals surface area contributed by atoms with E-state index in [4.69, 9.17) is 11.6 Å². The Kier molecular flexibility index (Phi) is 5.54. The molecule has 24 heavy (non-hydrogen) atoms. The highest BCUT2D eigenvalue weighted by Crippen LogP contribution is 2.20. The van der Waals surface area contributed by atoms with Gasteiger partial charge in [-0.25, -0.2) is 4.39 Å². The van der Waals surface area contributed by atoms with E-state index in [0.717, 1.165) is 6.07 Å². The van der Waals surface area contributed by atoms with Crippen LogP contribution < -0.4 is 10.6 Å². The third kappa shape index (κ3) is 4.53. The van der Waals surface area contributed by atoms with Crippen molar-refractivity contribution >= 4 is 29.1 Å². The quantitative estimate of drug-likeness (QED) is 0.741. The number of amides is 2. The lowest BCUT2D eigenvalue weighted by Crippen LogP contribution is -2.43. The maximum Gasteiger partial charge on any atom is 0.313 e. The SMILES string of the molecule is C[C@@](O)(CNC(=O)C(=O)Nc1ccc(F)c(Cl)c1)c1ccccc1. The van der Waals surface area contributed by atoms with Gasteiger partial charge >= 0.3 is 11.8 Å². The van der Waals surface area contributed by atoms with Crippen LogP contribution in [0.2, 0.25) is 5.02 Å². The van der Waals surface area contributed by atoms with Crippen LogP contribution in [-0.4, -0.2) is 23.5 Å². The van der Waals surface area contributed by atoms with Gasteiger partial charge in [0.15, 0.2) is 0 Å². The molecule has 0 spiro atoms. The molecule has 2 rings (SSSR count). The predicted molar refractivity (Wildman–Crippen MR) is 89.1 cm³/mol. The predicted octanol–water partition coefficient (Wildman–Crippen LogP) is 2.44. The molecule has 126 valence electrons. The van der Waals surface area contributed by atoms with Gasteiger partial charge in [-0.2, -0.15) is 0 Å². The van der Waals surface area contributed by atoms with E-state index in [1.807, 2.05) is 0 Å². The molecule has 0 saturated carbocycles. The number of benzene rings is 2. The number of anilines is 1. The lowest BCUT2D eigenvalue weighted by Gasteiger charge is -2.24. The van der Waals surface area contributed by atoms with Crippen molar-refractivity contribution in [2.24, 2.45) is 0 Å². The second-order valence-electron chi connectivity index (χ2n) is 5.41. The fraction of sp³-hybridized carbons (Fsp3) is 0.176. The minimum absolute atomic E-state index is 0.145. The molecule has 2 aromatic rings. The molecular formula is C17H16ClFN2O3. The average molecular weight is 351 g/mol.